The zero-order valence-electron chi connectivity index (χ0n) is 25.0. The van der Waals surface area contributed by atoms with E-state index in [1.807, 2.05) is 24.4 Å². The zero-order valence-corrected chi connectivity index (χ0v) is 25.0. The third-order valence-electron chi connectivity index (χ3n) is 8.22. The molecule has 0 amide bonds. The van der Waals surface area contributed by atoms with Gasteiger partial charge in [0.15, 0.2) is 17.5 Å². The van der Waals surface area contributed by atoms with Gasteiger partial charge in [-0.3, -0.25) is 4.98 Å². The number of nitrogens with zero attached hydrogens (tertiary/aromatic N) is 4. The van der Waals surface area contributed by atoms with Crippen LogP contribution in [0.25, 0.3) is 78.4 Å². The number of pyridine rings is 1. The van der Waals surface area contributed by atoms with Crippen LogP contribution in [-0.2, 0) is 0 Å². The van der Waals surface area contributed by atoms with E-state index in [4.69, 9.17) is 15.0 Å². The molecule has 8 aromatic rings. The van der Waals surface area contributed by atoms with E-state index in [1.165, 1.54) is 11.1 Å². The van der Waals surface area contributed by atoms with E-state index in [0.717, 1.165) is 49.8 Å². The third kappa shape index (κ3) is 5.44. The molecule has 0 radical (unpaired) electrons. The van der Waals surface area contributed by atoms with Crippen LogP contribution in [0.4, 0.5) is 0 Å². The molecule has 8 rings (SSSR count). The number of rotatable bonds is 6. The van der Waals surface area contributed by atoms with Crippen LogP contribution >= 0.6 is 0 Å². The monoisotopic (exact) mass is 588 g/mol. The molecule has 0 atom stereocenters. The van der Waals surface area contributed by atoms with E-state index in [-0.39, 0.29) is 0 Å². The van der Waals surface area contributed by atoms with Gasteiger partial charge >= 0.3 is 0 Å². The van der Waals surface area contributed by atoms with Gasteiger partial charge in [0.1, 0.15) is 0 Å². The summed E-state index contributed by atoms with van der Waals surface area (Å²) in [6.45, 7) is 0. The summed E-state index contributed by atoms with van der Waals surface area (Å²) in [7, 11) is 0. The highest BCUT2D eigenvalue weighted by Gasteiger charge is 2.14. The van der Waals surface area contributed by atoms with Crippen molar-refractivity contribution in [2.75, 3.05) is 0 Å². The van der Waals surface area contributed by atoms with E-state index < -0.39 is 0 Å². The quantitative estimate of drug-likeness (QED) is 0.194. The second-order valence-electron chi connectivity index (χ2n) is 11.2. The van der Waals surface area contributed by atoms with Crippen molar-refractivity contribution in [3.63, 3.8) is 0 Å². The van der Waals surface area contributed by atoms with Crippen molar-refractivity contribution in [1.82, 2.24) is 19.9 Å². The summed E-state index contributed by atoms with van der Waals surface area (Å²) in [5.41, 5.74) is 10.6. The minimum Gasteiger partial charge on any atom is -0.256 e. The largest absolute Gasteiger partial charge is 0.256 e. The molecule has 0 fully saturated rings. The molecule has 46 heavy (non-hydrogen) atoms. The number of fused-ring (bicyclic) bond motifs is 1. The average molecular weight is 589 g/mol. The molecule has 0 N–H and O–H groups in total. The minimum atomic E-state index is 0.627. The van der Waals surface area contributed by atoms with Crippen LogP contribution < -0.4 is 0 Å². The van der Waals surface area contributed by atoms with Gasteiger partial charge < -0.3 is 0 Å². The lowest BCUT2D eigenvalue weighted by Gasteiger charge is -2.11. The highest BCUT2D eigenvalue weighted by molar-refractivity contribution is 5.93. The van der Waals surface area contributed by atoms with Gasteiger partial charge in [-0.25, -0.2) is 15.0 Å². The van der Waals surface area contributed by atoms with Gasteiger partial charge in [0.2, 0.25) is 0 Å². The standard InChI is InChI=1S/C42H28N4/c1-3-9-29(10-4-1)31-16-22-35(23-17-31)40-44-41(36-24-18-32(19-25-36)30-11-5-2-6-12-30)46-42(45-40)37-26-20-33(21-27-37)38-15-7-13-34-14-8-28-43-39(34)38/h1-28H. The number of benzene rings is 6. The highest BCUT2D eigenvalue weighted by Crippen LogP contribution is 2.31. The maximum Gasteiger partial charge on any atom is 0.164 e. The maximum absolute atomic E-state index is 4.98. The lowest BCUT2D eigenvalue weighted by atomic mass is 10.0. The van der Waals surface area contributed by atoms with Crippen LogP contribution in [0.2, 0.25) is 0 Å². The first-order valence-corrected chi connectivity index (χ1v) is 15.3. The van der Waals surface area contributed by atoms with Gasteiger partial charge in [0, 0.05) is 33.8 Å². The summed E-state index contributed by atoms with van der Waals surface area (Å²) in [6, 6.07) is 56.3. The molecule has 4 nitrogen and oxygen atoms in total. The Hall–Kier alpha value is -6.26. The van der Waals surface area contributed by atoms with Crippen molar-refractivity contribution in [2.24, 2.45) is 0 Å². The van der Waals surface area contributed by atoms with Crippen molar-refractivity contribution >= 4 is 10.9 Å². The highest BCUT2D eigenvalue weighted by atomic mass is 15.0. The molecular formula is C42H28N4. The summed E-state index contributed by atoms with van der Waals surface area (Å²) in [6.07, 6.45) is 1.84. The molecule has 6 aromatic carbocycles. The summed E-state index contributed by atoms with van der Waals surface area (Å²) in [5, 5.41) is 1.12. The van der Waals surface area contributed by atoms with Crippen LogP contribution in [0, 0.1) is 0 Å². The normalized spacial score (nSPS) is 11.0. The Balaban J connectivity index is 1.19. The topological polar surface area (TPSA) is 51.6 Å². The Morgan fingerprint density at radius 3 is 1.15 bits per heavy atom. The van der Waals surface area contributed by atoms with Crippen LogP contribution in [0.1, 0.15) is 0 Å². The summed E-state index contributed by atoms with van der Waals surface area (Å²) in [5.74, 6) is 1.89. The van der Waals surface area contributed by atoms with Crippen molar-refractivity contribution < 1.29 is 0 Å². The Morgan fingerprint density at radius 1 is 0.283 bits per heavy atom. The second kappa shape index (κ2) is 12.0. The van der Waals surface area contributed by atoms with Gasteiger partial charge in [-0.1, -0.05) is 158 Å². The van der Waals surface area contributed by atoms with Crippen LogP contribution in [-0.4, -0.2) is 19.9 Å². The van der Waals surface area contributed by atoms with Gasteiger partial charge in [0.05, 0.1) is 5.52 Å². The predicted molar refractivity (Wildman–Crippen MR) is 188 cm³/mol. The second-order valence-corrected chi connectivity index (χ2v) is 11.2. The van der Waals surface area contributed by atoms with Crippen LogP contribution in [0.5, 0.6) is 0 Å². The van der Waals surface area contributed by atoms with Gasteiger partial charge in [0.25, 0.3) is 0 Å². The lowest BCUT2D eigenvalue weighted by molar-refractivity contribution is 1.07. The maximum atomic E-state index is 4.98. The average Bonchev–Trinajstić information content (AvgIpc) is 3.15. The van der Waals surface area contributed by atoms with E-state index in [2.05, 4.69) is 151 Å². The van der Waals surface area contributed by atoms with E-state index in [9.17, 15) is 0 Å². The molecule has 4 heteroatoms. The van der Waals surface area contributed by atoms with Gasteiger partial charge in [-0.05, 0) is 33.9 Å². The summed E-state index contributed by atoms with van der Waals surface area (Å²) >= 11 is 0. The smallest absolute Gasteiger partial charge is 0.164 e. The van der Waals surface area contributed by atoms with Gasteiger partial charge in [-0.15, -0.1) is 0 Å². The first kappa shape index (κ1) is 27.3. The van der Waals surface area contributed by atoms with Crippen molar-refractivity contribution in [2.45, 2.75) is 0 Å². The number of hydrogen-bond donors (Lipinski definition) is 0. The molecule has 0 aliphatic rings. The molecule has 0 saturated heterocycles. The first-order chi connectivity index (χ1) is 22.8. The number of para-hydroxylation sites is 1. The molecule has 0 aliphatic heterocycles. The molecular weight excluding hydrogens is 560 g/mol. The number of hydrogen-bond acceptors (Lipinski definition) is 4. The summed E-state index contributed by atoms with van der Waals surface area (Å²) < 4.78 is 0. The Labute approximate surface area is 267 Å². The van der Waals surface area contributed by atoms with Crippen molar-refractivity contribution in [3.05, 3.63) is 170 Å². The molecule has 2 heterocycles. The van der Waals surface area contributed by atoms with E-state index >= 15 is 0 Å². The SMILES string of the molecule is c1ccc(-c2ccc(-c3nc(-c4ccc(-c5ccccc5)cc4)nc(-c4ccc(-c5cccc6cccnc56)cc4)n3)cc2)cc1. The first-order valence-electron chi connectivity index (χ1n) is 15.3. The van der Waals surface area contributed by atoms with Crippen molar-refractivity contribution in [1.29, 1.82) is 0 Å². The Morgan fingerprint density at radius 2 is 0.674 bits per heavy atom. The lowest BCUT2D eigenvalue weighted by Crippen LogP contribution is -2.00. The van der Waals surface area contributed by atoms with Gasteiger partial charge in [-0.2, -0.15) is 0 Å². The van der Waals surface area contributed by atoms with E-state index in [0.29, 0.717) is 17.5 Å². The van der Waals surface area contributed by atoms with Crippen LogP contribution in [0.3, 0.4) is 0 Å². The molecule has 0 aliphatic carbocycles. The molecule has 0 unspecified atom stereocenters. The minimum absolute atomic E-state index is 0.627. The fourth-order valence-corrected chi connectivity index (χ4v) is 5.78. The van der Waals surface area contributed by atoms with Crippen molar-refractivity contribution in [3.8, 4) is 67.5 Å². The molecule has 0 saturated carbocycles. The third-order valence-corrected chi connectivity index (χ3v) is 8.22. The number of aromatic nitrogens is 4. The fourth-order valence-electron chi connectivity index (χ4n) is 5.78. The fraction of sp³-hybridized carbons (Fsp3) is 0. The van der Waals surface area contributed by atoms with Crippen LogP contribution in [0.15, 0.2) is 170 Å². The molecule has 0 spiro atoms. The zero-order chi connectivity index (χ0) is 30.7. The summed E-state index contributed by atoms with van der Waals surface area (Å²) in [4.78, 5) is 19.6. The molecule has 2 aromatic heterocycles. The predicted octanol–water partition coefficient (Wildman–Crippen LogP) is 10.4. The Bertz CT molecular complexity index is 2160. The van der Waals surface area contributed by atoms with E-state index in [1.54, 1.807) is 0 Å². The molecule has 0 bridgehead atoms. The molecule has 216 valence electrons. The Kier molecular flexibility index (Phi) is 7.14.